The number of hydrogen-bond acceptors (Lipinski definition) is 2. The van der Waals surface area contributed by atoms with E-state index in [-0.39, 0.29) is 17.3 Å². The summed E-state index contributed by atoms with van der Waals surface area (Å²) in [5.41, 5.74) is 0.187. The molecule has 0 bridgehead atoms. The molecule has 2 aliphatic carbocycles. The summed E-state index contributed by atoms with van der Waals surface area (Å²) >= 11 is 0. The van der Waals surface area contributed by atoms with Crippen molar-refractivity contribution in [2.45, 2.75) is 39.0 Å². The highest BCUT2D eigenvalue weighted by molar-refractivity contribution is 5.74. The van der Waals surface area contributed by atoms with Crippen LogP contribution in [-0.4, -0.2) is 12.6 Å². The van der Waals surface area contributed by atoms with Gasteiger partial charge in [0.15, 0.2) is 0 Å². The average Bonchev–Trinajstić information content (AvgIpc) is 2.75. The van der Waals surface area contributed by atoms with Crippen molar-refractivity contribution in [1.29, 1.82) is 0 Å². The summed E-state index contributed by atoms with van der Waals surface area (Å²) in [6, 6.07) is 0. The molecule has 1 fully saturated rings. The zero-order chi connectivity index (χ0) is 12.3. The van der Waals surface area contributed by atoms with Crippen LogP contribution in [0.5, 0.6) is 0 Å². The molecule has 0 aromatic rings. The summed E-state index contributed by atoms with van der Waals surface area (Å²) in [5.74, 6) is 0.331. The molecule has 0 aliphatic heterocycles. The third-order valence-electron chi connectivity index (χ3n) is 4.35. The zero-order valence-corrected chi connectivity index (χ0v) is 10.7. The maximum atomic E-state index is 12.2. The van der Waals surface area contributed by atoms with Gasteiger partial charge < -0.3 is 4.74 Å². The molecule has 2 unspecified atom stereocenters. The van der Waals surface area contributed by atoms with E-state index < -0.39 is 0 Å². The highest BCUT2D eigenvalue weighted by Crippen LogP contribution is 2.52. The third kappa shape index (κ3) is 2.31. The Morgan fingerprint density at radius 1 is 1.53 bits per heavy atom. The molecule has 2 heteroatoms. The van der Waals surface area contributed by atoms with Gasteiger partial charge in [-0.05, 0) is 30.6 Å². The van der Waals surface area contributed by atoms with Crippen LogP contribution in [0.3, 0.4) is 0 Å². The van der Waals surface area contributed by atoms with Gasteiger partial charge in [0.2, 0.25) is 0 Å². The molecule has 0 N–H and O–H groups in total. The predicted octanol–water partition coefficient (Wildman–Crippen LogP) is 3.49. The Labute approximate surface area is 104 Å². The normalized spacial score (nSPS) is 30.4. The molecule has 0 amide bonds. The first-order valence-corrected chi connectivity index (χ1v) is 6.64. The van der Waals surface area contributed by atoms with Crippen LogP contribution in [0, 0.1) is 17.3 Å². The number of esters is 1. The molecular formula is C15H22O2. The van der Waals surface area contributed by atoms with Crippen molar-refractivity contribution in [2.75, 3.05) is 6.61 Å². The topological polar surface area (TPSA) is 26.3 Å². The smallest absolute Gasteiger partial charge is 0.310 e. The van der Waals surface area contributed by atoms with E-state index in [2.05, 4.69) is 25.7 Å². The fraction of sp³-hybridized carbons (Fsp3) is 0.667. The Morgan fingerprint density at radius 3 is 2.88 bits per heavy atom. The van der Waals surface area contributed by atoms with Gasteiger partial charge in [0.05, 0.1) is 5.92 Å². The van der Waals surface area contributed by atoms with Crippen molar-refractivity contribution in [1.82, 2.24) is 0 Å². The number of hydrogen-bond donors (Lipinski definition) is 0. The lowest BCUT2D eigenvalue weighted by molar-refractivity contribution is -0.154. The largest absolute Gasteiger partial charge is 0.461 e. The number of ether oxygens (including phenoxy) is 1. The first kappa shape index (κ1) is 12.4. The van der Waals surface area contributed by atoms with E-state index in [4.69, 9.17) is 4.74 Å². The van der Waals surface area contributed by atoms with Gasteiger partial charge in [0, 0.05) is 0 Å². The van der Waals surface area contributed by atoms with Gasteiger partial charge in [-0.1, -0.05) is 44.6 Å². The highest BCUT2D eigenvalue weighted by Gasteiger charge is 2.48. The van der Waals surface area contributed by atoms with Gasteiger partial charge in [-0.2, -0.15) is 0 Å². The second kappa shape index (κ2) is 5.07. The summed E-state index contributed by atoms with van der Waals surface area (Å²) in [6.45, 7) is 6.06. The summed E-state index contributed by atoms with van der Waals surface area (Å²) in [5, 5.41) is 0. The Bertz CT molecular complexity index is 324. The van der Waals surface area contributed by atoms with E-state index in [1.54, 1.807) is 6.08 Å². The summed E-state index contributed by atoms with van der Waals surface area (Å²) < 4.78 is 5.30. The van der Waals surface area contributed by atoms with Gasteiger partial charge in [0.25, 0.3) is 0 Å². The molecule has 0 aromatic carbocycles. The van der Waals surface area contributed by atoms with Crippen LogP contribution in [0.1, 0.15) is 39.0 Å². The molecule has 0 aromatic heterocycles. The maximum Gasteiger partial charge on any atom is 0.310 e. The van der Waals surface area contributed by atoms with Crippen LogP contribution < -0.4 is 0 Å². The van der Waals surface area contributed by atoms with Crippen LogP contribution in [0.25, 0.3) is 0 Å². The van der Waals surface area contributed by atoms with Gasteiger partial charge in [-0.25, -0.2) is 0 Å². The van der Waals surface area contributed by atoms with Gasteiger partial charge in [0.1, 0.15) is 6.61 Å². The zero-order valence-electron chi connectivity index (χ0n) is 10.7. The van der Waals surface area contributed by atoms with Gasteiger partial charge >= 0.3 is 5.97 Å². The van der Waals surface area contributed by atoms with E-state index in [1.165, 1.54) is 25.7 Å². The number of carbonyl (C=O) groups is 1. The second-order valence-corrected chi connectivity index (χ2v) is 5.46. The molecule has 2 atom stereocenters. The molecule has 0 radical (unpaired) electrons. The first-order valence-electron chi connectivity index (χ1n) is 6.64. The van der Waals surface area contributed by atoms with Crippen molar-refractivity contribution in [2.24, 2.45) is 17.3 Å². The van der Waals surface area contributed by atoms with Crippen LogP contribution in [0.2, 0.25) is 0 Å². The lowest BCUT2D eigenvalue weighted by Crippen LogP contribution is -2.40. The summed E-state index contributed by atoms with van der Waals surface area (Å²) in [6.07, 6.45) is 12.0. The molecule has 17 heavy (non-hydrogen) atoms. The van der Waals surface area contributed by atoms with Crippen molar-refractivity contribution in [3.05, 3.63) is 24.8 Å². The van der Waals surface area contributed by atoms with Crippen molar-refractivity contribution in [3.63, 3.8) is 0 Å². The Morgan fingerprint density at radius 2 is 2.24 bits per heavy atom. The minimum atomic E-state index is -0.0244. The minimum Gasteiger partial charge on any atom is -0.461 e. The number of allylic oxidation sites excluding steroid dienone is 2. The average molecular weight is 234 g/mol. The lowest BCUT2D eigenvalue weighted by Gasteiger charge is -2.40. The third-order valence-corrected chi connectivity index (χ3v) is 4.35. The predicted molar refractivity (Wildman–Crippen MR) is 68.5 cm³/mol. The molecule has 1 saturated carbocycles. The Kier molecular flexibility index (Phi) is 3.70. The van der Waals surface area contributed by atoms with Gasteiger partial charge in [-0.3, -0.25) is 4.79 Å². The highest BCUT2D eigenvalue weighted by atomic mass is 16.5. The summed E-state index contributed by atoms with van der Waals surface area (Å²) in [4.78, 5) is 12.2. The standard InChI is InChI=1S/C15H22O2/c1-3-11-17-14(16)13-12(2)7-6-10-15(13)8-4-5-9-15/h3,6-7,12-13H,1,4-5,8-11H2,2H3. The van der Waals surface area contributed by atoms with Crippen molar-refractivity contribution >= 4 is 5.97 Å². The lowest BCUT2D eigenvalue weighted by atomic mass is 9.64. The monoisotopic (exact) mass is 234 g/mol. The van der Waals surface area contributed by atoms with Crippen LogP contribution in [0.4, 0.5) is 0 Å². The molecular weight excluding hydrogens is 212 g/mol. The van der Waals surface area contributed by atoms with E-state index >= 15 is 0 Å². The van der Waals surface area contributed by atoms with Crippen molar-refractivity contribution in [3.8, 4) is 0 Å². The SMILES string of the molecule is C=CCOC(=O)C1C(C)C=CCC12CCCC2. The number of rotatable bonds is 3. The first-order chi connectivity index (χ1) is 8.19. The quantitative estimate of drug-likeness (QED) is 0.552. The molecule has 1 spiro atoms. The van der Waals surface area contributed by atoms with Crippen LogP contribution in [0.15, 0.2) is 24.8 Å². The van der Waals surface area contributed by atoms with E-state index in [1.807, 2.05) is 0 Å². The van der Waals surface area contributed by atoms with E-state index in [0.29, 0.717) is 12.5 Å². The van der Waals surface area contributed by atoms with E-state index in [0.717, 1.165) is 6.42 Å². The summed E-state index contributed by atoms with van der Waals surface area (Å²) in [7, 11) is 0. The van der Waals surface area contributed by atoms with E-state index in [9.17, 15) is 4.79 Å². The Hall–Kier alpha value is -1.05. The second-order valence-electron chi connectivity index (χ2n) is 5.46. The molecule has 2 nitrogen and oxygen atoms in total. The molecule has 0 heterocycles. The van der Waals surface area contributed by atoms with Crippen LogP contribution >= 0.6 is 0 Å². The van der Waals surface area contributed by atoms with Gasteiger partial charge in [-0.15, -0.1) is 0 Å². The Balaban J connectivity index is 2.17. The molecule has 2 aliphatic rings. The molecule has 94 valence electrons. The number of carbonyl (C=O) groups excluding carboxylic acids is 1. The van der Waals surface area contributed by atoms with Crippen molar-refractivity contribution < 1.29 is 9.53 Å². The maximum absolute atomic E-state index is 12.2. The fourth-order valence-corrected chi connectivity index (χ4v) is 3.60. The fourth-order valence-electron chi connectivity index (χ4n) is 3.60. The molecule has 0 saturated heterocycles. The minimum absolute atomic E-state index is 0.0244. The molecule has 2 rings (SSSR count). The van der Waals surface area contributed by atoms with Crippen LogP contribution in [-0.2, 0) is 9.53 Å².